The summed E-state index contributed by atoms with van der Waals surface area (Å²) in [4.78, 5) is 12.0. The van der Waals surface area contributed by atoms with Crippen molar-refractivity contribution in [1.29, 1.82) is 0 Å². The molecule has 0 radical (unpaired) electrons. The van der Waals surface area contributed by atoms with Crippen molar-refractivity contribution in [3.63, 3.8) is 0 Å². The summed E-state index contributed by atoms with van der Waals surface area (Å²) in [6.45, 7) is 3.85. The number of hydrogen-bond donors (Lipinski definition) is 2. The third-order valence-electron chi connectivity index (χ3n) is 6.27. The number of nitrogens with one attached hydrogen (secondary N) is 1. The molecule has 5 aromatic rings. The van der Waals surface area contributed by atoms with Crippen LogP contribution in [-0.4, -0.2) is 50.3 Å². The van der Waals surface area contributed by atoms with Crippen LogP contribution < -0.4 is 16.4 Å². The van der Waals surface area contributed by atoms with E-state index in [4.69, 9.17) is 4.98 Å². The zero-order chi connectivity index (χ0) is 23.1. The van der Waals surface area contributed by atoms with E-state index >= 15 is 0 Å². The number of benzene rings is 2. The maximum atomic E-state index is 11.7. The highest BCUT2D eigenvalue weighted by atomic mass is 32.2. The Labute approximate surface area is 204 Å². The van der Waals surface area contributed by atoms with Gasteiger partial charge in [0.05, 0.1) is 17.3 Å². The van der Waals surface area contributed by atoms with Crippen LogP contribution in [0.5, 0.6) is 0 Å². The summed E-state index contributed by atoms with van der Waals surface area (Å²) >= 11 is -2.69. The SMILES string of the molecule is N.O=[SH+]([O-])c1ccc(-c2cnn3cc(-c4ccc(N5CCNCC5)nc4)cnc23)c2ccccc12. The molecule has 0 spiro atoms. The number of thiol groups is 1. The van der Waals surface area contributed by atoms with Gasteiger partial charge in [0, 0.05) is 66.8 Å². The second-order valence-electron chi connectivity index (χ2n) is 8.25. The first kappa shape index (κ1) is 23.1. The van der Waals surface area contributed by atoms with E-state index in [9.17, 15) is 8.76 Å². The predicted molar refractivity (Wildman–Crippen MR) is 138 cm³/mol. The normalized spacial score (nSPS) is 14.7. The Bertz CT molecular complexity index is 1530. The van der Waals surface area contributed by atoms with E-state index in [1.807, 2.05) is 55.0 Å². The molecule has 1 aliphatic rings. The fourth-order valence-electron chi connectivity index (χ4n) is 4.53. The van der Waals surface area contributed by atoms with E-state index < -0.39 is 11.1 Å². The fraction of sp³-hybridized carbons (Fsp3) is 0.160. The number of fused-ring (bicyclic) bond motifs is 2. The molecular weight excluding hydrogens is 462 g/mol. The maximum Gasteiger partial charge on any atom is 0.162 e. The minimum Gasteiger partial charge on any atom is -0.612 e. The van der Waals surface area contributed by atoms with Gasteiger partial charge in [0.2, 0.25) is 0 Å². The molecule has 1 saturated heterocycles. The lowest BCUT2D eigenvalue weighted by Gasteiger charge is -2.28. The first-order valence-electron chi connectivity index (χ1n) is 11.1. The van der Waals surface area contributed by atoms with Gasteiger partial charge in [-0.25, -0.2) is 14.5 Å². The van der Waals surface area contributed by atoms with Crippen molar-refractivity contribution < 1.29 is 8.76 Å². The van der Waals surface area contributed by atoms with Crippen molar-refractivity contribution in [2.45, 2.75) is 4.90 Å². The van der Waals surface area contributed by atoms with Gasteiger partial charge in [-0.2, -0.15) is 5.10 Å². The number of hydrogen-bond acceptors (Lipinski definition) is 8. The summed E-state index contributed by atoms with van der Waals surface area (Å²) in [5.41, 5.74) is 4.35. The van der Waals surface area contributed by atoms with Crippen LogP contribution in [0.3, 0.4) is 0 Å². The van der Waals surface area contributed by atoms with Crippen LogP contribution in [0, 0.1) is 0 Å². The summed E-state index contributed by atoms with van der Waals surface area (Å²) in [7, 11) is 0. The largest absolute Gasteiger partial charge is 0.612 e. The molecule has 0 bridgehead atoms. The van der Waals surface area contributed by atoms with Crippen molar-refractivity contribution in [2.24, 2.45) is 0 Å². The minimum atomic E-state index is -2.69. The molecule has 4 heterocycles. The van der Waals surface area contributed by atoms with Crippen LogP contribution in [0.15, 0.2) is 78.2 Å². The third kappa shape index (κ3) is 4.17. The second kappa shape index (κ2) is 9.51. The number of pyridine rings is 1. The number of rotatable bonds is 4. The van der Waals surface area contributed by atoms with Crippen LogP contribution >= 0.6 is 0 Å². The summed E-state index contributed by atoms with van der Waals surface area (Å²) in [5, 5.41) is 9.44. The van der Waals surface area contributed by atoms with Gasteiger partial charge in [0.15, 0.2) is 10.5 Å². The lowest BCUT2D eigenvalue weighted by atomic mass is 10.00. The molecule has 0 amide bonds. The highest BCUT2D eigenvalue weighted by Gasteiger charge is 2.16. The first-order valence-corrected chi connectivity index (χ1v) is 12.3. The summed E-state index contributed by atoms with van der Waals surface area (Å²) in [5.74, 6) is 0.982. The number of anilines is 1. The summed E-state index contributed by atoms with van der Waals surface area (Å²) < 4.78 is 25.2. The lowest BCUT2D eigenvalue weighted by molar-refractivity contribution is 0.501. The number of nitrogens with zero attached hydrogens (tertiary/aromatic N) is 5. The highest BCUT2D eigenvalue weighted by Crippen LogP contribution is 2.34. The predicted octanol–water partition coefficient (Wildman–Crippen LogP) is 3.37. The molecule has 4 N–H and O–H groups in total. The Morgan fingerprint density at radius 2 is 1.63 bits per heavy atom. The number of aromatic nitrogens is 4. The van der Waals surface area contributed by atoms with Crippen molar-refractivity contribution in [3.05, 3.63) is 73.3 Å². The second-order valence-corrected chi connectivity index (χ2v) is 9.24. The van der Waals surface area contributed by atoms with E-state index in [2.05, 4.69) is 26.4 Å². The van der Waals surface area contributed by atoms with E-state index in [-0.39, 0.29) is 6.15 Å². The Morgan fingerprint density at radius 3 is 2.37 bits per heavy atom. The molecular formula is C25H25N7O2S. The zero-order valence-corrected chi connectivity index (χ0v) is 19.9. The quantitative estimate of drug-likeness (QED) is 0.291. The Balaban J connectivity index is 0.00000253. The average Bonchev–Trinajstić information content (AvgIpc) is 3.31. The van der Waals surface area contributed by atoms with Gasteiger partial charge in [-0.1, -0.05) is 18.2 Å². The van der Waals surface area contributed by atoms with E-state index in [1.54, 1.807) is 16.8 Å². The molecule has 1 unspecified atom stereocenters. The van der Waals surface area contributed by atoms with E-state index in [0.29, 0.717) is 15.9 Å². The van der Waals surface area contributed by atoms with E-state index in [1.165, 1.54) is 0 Å². The molecule has 1 fully saturated rings. The van der Waals surface area contributed by atoms with Crippen LogP contribution in [0.25, 0.3) is 38.7 Å². The first-order chi connectivity index (χ1) is 16.7. The maximum absolute atomic E-state index is 11.7. The summed E-state index contributed by atoms with van der Waals surface area (Å²) in [6, 6.07) is 15.1. The smallest absolute Gasteiger partial charge is 0.162 e. The molecule has 178 valence electrons. The zero-order valence-electron chi connectivity index (χ0n) is 19.0. The number of piperazine rings is 1. The molecule has 1 aliphatic heterocycles. The van der Waals surface area contributed by atoms with Crippen LogP contribution in [0.4, 0.5) is 5.82 Å². The molecule has 6 rings (SSSR count). The van der Waals surface area contributed by atoms with Gasteiger partial charge in [0.1, 0.15) is 5.82 Å². The molecule has 2 aromatic carbocycles. The molecule has 10 heteroatoms. The van der Waals surface area contributed by atoms with Crippen LogP contribution in [0.2, 0.25) is 0 Å². The molecule has 1 atom stereocenters. The van der Waals surface area contributed by atoms with Crippen molar-refractivity contribution >= 4 is 33.3 Å². The molecule has 0 saturated carbocycles. The molecule has 3 aromatic heterocycles. The van der Waals surface area contributed by atoms with Crippen LogP contribution in [-0.2, 0) is 15.3 Å². The highest BCUT2D eigenvalue weighted by molar-refractivity contribution is 7.79. The van der Waals surface area contributed by atoms with Gasteiger partial charge < -0.3 is 20.9 Å². The van der Waals surface area contributed by atoms with Gasteiger partial charge in [-0.15, -0.1) is 4.21 Å². The van der Waals surface area contributed by atoms with Crippen molar-refractivity contribution in [2.75, 3.05) is 31.1 Å². The monoisotopic (exact) mass is 487 g/mol. The minimum absolute atomic E-state index is 0. The van der Waals surface area contributed by atoms with Crippen molar-refractivity contribution in [1.82, 2.24) is 31.0 Å². The van der Waals surface area contributed by atoms with Gasteiger partial charge >= 0.3 is 0 Å². The van der Waals surface area contributed by atoms with Gasteiger partial charge in [-0.05, 0) is 41.3 Å². The Morgan fingerprint density at radius 1 is 0.857 bits per heavy atom. The standard InChI is InChI=1S/C25H22N6O2S.H3N/c32-34(33)23-7-6-20(19-3-1-2-4-21(19)23)22-15-29-31-16-18(14-28-25(22)31)17-5-8-24(27-13-17)30-11-9-26-10-12-30;/h1-8,13-16,26,34H,9-12H2;1H3. The molecule has 0 aliphatic carbocycles. The van der Waals surface area contributed by atoms with E-state index in [0.717, 1.165) is 59.6 Å². The van der Waals surface area contributed by atoms with Crippen LogP contribution in [0.1, 0.15) is 0 Å². The molecule has 9 nitrogen and oxygen atoms in total. The lowest BCUT2D eigenvalue weighted by Crippen LogP contribution is -2.43. The average molecular weight is 488 g/mol. The van der Waals surface area contributed by atoms with Crippen molar-refractivity contribution in [3.8, 4) is 22.3 Å². The fourth-order valence-corrected chi connectivity index (χ4v) is 5.12. The topological polar surface area (TPSA) is 133 Å². The molecule has 35 heavy (non-hydrogen) atoms. The van der Waals surface area contributed by atoms with Gasteiger partial charge in [0.25, 0.3) is 0 Å². The Kier molecular flexibility index (Phi) is 6.27. The third-order valence-corrected chi connectivity index (χ3v) is 7.05. The Hall–Kier alpha value is -3.70. The summed E-state index contributed by atoms with van der Waals surface area (Å²) in [6.07, 6.45) is 7.42. The van der Waals surface area contributed by atoms with Gasteiger partial charge in [-0.3, -0.25) is 0 Å².